The van der Waals surface area contributed by atoms with Gasteiger partial charge in [-0.1, -0.05) is 13.3 Å². The van der Waals surface area contributed by atoms with Crippen LogP contribution >= 0.6 is 15.9 Å². The van der Waals surface area contributed by atoms with Gasteiger partial charge in [0, 0.05) is 18.0 Å². The van der Waals surface area contributed by atoms with Gasteiger partial charge in [-0.3, -0.25) is 0 Å². The minimum atomic E-state index is 0.610. The van der Waals surface area contributed by atoms with Gasteiger partial charge in [-0.15, -0.1) is 0 Å². The summed E-state index contributed by atoms with van der Waals surface area (Å²) in [5, 5.41) is 3.50. The second kappa shape index (κ2) is 3.99. The van der Waals surface area contributed by atoms with Crippen molar-refractivity contribution in [2.24, 2.45) is 5.92 Å². The summed E-state index contributed by atoms with van der Waals surface area (Å²) in [7, 11) is 0. The molecule has 2 unspecified atom stereocenters. The predicted molar refractivity (Wildman–Crippen MR) is 67.5 cm³/mol. The van der Waals surface area contributed by atoms with Crippen molar-refractivity contribution in [3.63, 3.8) is 0 Å². The molecule has 2 saturated carbocycles. The number of hydrogen-bond donors (Lipinski definition) is 1. The highest BCUT2D eigenvalue weighted by Gasteiger charge is 2.35. The third kappa shape index (κ3) is 2.21. The minimum Gasteiger partial charge on any atom is -0.367 e. The molecule has 1 aromatic heterocycles. The monoisotopic (exact) mass is 281 g/mol. The Morgan fingerprint density at radius 3 is 2.88 bits per heavy atom. The van der Waals surface area contributed by atoms with E-state index >= 15 is 0 Å². The number of anilines is 1. The fraction of sp³-hybridized carbons (Fsp3) is 0.667. The molecule has 16 heavy (non-hydrogen) atoms. The Labute approximate surface area is 104 Å². The van der Waals surface area contributed by atoms with Crippen LogP contribution in [0.15, 0.2) is 10.7 Å². The summed E-state index contributed by atoms with van der Waals surface area (Å²) in [6.07, 6.45) is 5.05. The topological polar surface area (TPSA) is 37.8 Å². The van der Waals surface area contributed by atoms with Crippen LogP contribution < -0.4 is 5.32 Å². The number of halogens is 1. The van der Waals surface area contributed by atoms with Gasteiger partial charge in [0.2, 0.25) is 0 Å². The van der Waals surface area contributed by atoms with Crippen molar-refractivity contribution < 1.29 is 0 Å². The third-order valence-electron chi connectivity index (χ3n) is 3.43. The average Bonchev–Trinajstić information content (AvgIpc) is 3.12. The van der Waals surface area contributed by atoms with Crippen molar-refractivity contribution in [1.82, 2.24) is 9.97 Å². The van der Waals surface area contributed by atoms with Gasteiger partial charge in [-0.05, 0) is 41.1 Å². The molecule has 86 valence electrons. The van der Waals surface area contributed by atoms with Crippen molar-refractivity contribution in [2.75, 3.05) is 5.32 Å². The molecule has 4 heteroatoms. The second-order valence-corrected chi connectivity index (χ2v) is 5.68. The predicted octanol–water partition coefficient (Wildman–Crippen LogP) is 3.33. The number of aromatic nitrogens is 2. The summed E-state index contributed by atoms with van der Waals surface area (Å²) in [4.78, 5) is 9.02. The van der Waals surface area contributed by atoms with Crippen LogP contribution in [-0.4, -0.2) is 16.0 Å². The number of hydrogen-bond acceptors (Lipinski definition) is 3. The van der Waals surface area contributed by atoms with Gasteiger partial charge < -0.3 is 5.32 Å². The molecule has 0 bridgehead atoms. The van der Waals surface area contributed by atoms with Crippen LogP contribution in [0.25, 0.3) is 0 Å². The van der Waals surface area contributed by atoms with Crippen LogP contribution in [-0.2, 0) is 0 Å². The summed E-state index contributed by atoms with van der Waals surface area (Å²) in [5.74, 6) is 3.45. The number of nitrogens with zero attached hydrogens (tertiary/aromatic N) is 2. The largest absolute Gasteiger partial charge is 0.367 e. The maximum absolute atomic E-state index is 4.59. The van der Waals surface area contributed by atoms with E-state index < -0.39 is 0 Å². The van der Waals surface area contributed by atoms with E-state index in [1.165, 1.54) is 25.7 Å². The van der Waals surface area contributed by atoms with E-state index in [0.717, 1.165) is 22.2 Å². The zero-order chi connectivity index (χ0) is 11.1. The summed E-state index contributed by atoms with van der Waals surface area (Å²) < 4.78 is 0.903. The zero-order valence-electron chi connectivity index (χ0n) is 9.41. The molecule has 1 aromatic rings. The van der Waals surface area contributed by atoms with Crippen LogP contribution in [0, 0.1) is 5.92 Å². The lowest BCUT2D eigenvalue weighted by Gasteiger charge is -2.07. The van der Waals surface area contributed by atoms with Crippen LogP contribution in [0.2, 0.25) is 0 Å². The first-order valence-corrected chi connectivity index (χ1v) is 6.86. The molecule has 1 heterocycles. The van der Waals surface area contributed by atoms with E-state index in [1.54, 1.807) is 0 Å². The molecule has 2 atom stereocenters. The average molecular weight is 282 g/mol. The van der Waals surface area contributed by atoms with Gasteiger partial charge in [-0.2, -0.15) is 0 Å². The maximum atomic E-state index is 4.59. The molecule has 0 spiro atoms. The normalized spacial score (nSPS) is 27.9. The van der Waals surface area contributed by atoms with Crippen LogP contribution in [0.3, 0.4) is 0 Å². The van der Waals surface area contributed by atoms with Crippen molar-refractivity contribution >= 4 is 21.7 Å². The Bertz CT molecular complexity index is 403. The molecule has 0 aromatic carbocycles. The van der Waals surface area contributed by atoms with Crippen LogP contribution in [0.5, 0.6) is 0 Å². The smallest absolute Gasteiger partial charge is 0.135 e. The van der Waals surface area contributed by atoms with Crippen molar-refractivity contribution in [3.8, 4) is 0 Å². The standard InChI is InChI=1S/C12H16BrN3/c1-2-7-5-9(7)14-11-6-10(13)15-12(16-11)8-3-4-8/h6-9H,2-5H2,1H3,(H,14,15,16). The van der Waals surface area contributed by atoms with E-state index in [1.807, 2.05) is 6.07 Å². The molecule has 2 fully saturated rings. The van der Waals surface area contributed by atoms with Crippen molar-refractivity contribution in [1.29, 1.82) is 0 Å². The van der Waals surface area contributed by atoms with Gasteiger partial charge in [0.15, 0.2) is 0 Å². The molecule has 0 radical (unpaired) electrons. The van der Waals surface area contributed by atoms with Gasteiger partial charge in [0.05, 0.1) is 0 Å². The van der Waals surface area contributed by atoms with E-state index in [-0.39, 0.29) is 0 Å². The minimum absolute atomic E-state index is 0.610. The summed E-state index contributed by atoms with van der Waals surface area (Å²) in [5.41, 5.74) is 0. The quantitative estimate of drug-likeness (QED) is 0.861. The number of nitrogens with one attached hydrogen (secondary N) is 1. The Kier molecular flexibility index (Phi) is 2.62. The first-order chi connectivity index (χ1) is 7.76. The van der Waals surface area contributed by atoms with E-state index in [2.05, 4.69) is 38.1 Å². The Morgan fingerprint density at radius 1 is 1.44 bits per heavy atom. The highest BCUT2D eigenvalue weighted by atomic mass is 79.9. The number of rotatable bonds is 4. The Balaban J connectivity index is 1.73. The van der Waals surface area contributed by atoms with Crippen LogP contribution in [0.4, 0.5) is 5.82 Å². The van der Waals surface area contributed by atoms with Crippen molar-refractivity contribution in [2.45, 2.75) is 44.6 Å². The lowest BCUT2D eigenvalue weighted by Crippen LogP contribution is -2.08. The Hall–Kier alpha value is -0.640. The molecule has 3 rings (SSSR count). The molecule has 0 amide bonds. The van der Waals surface area contributed by atoms with E-state index in [4.69, 9.17) is 0 Å². The van der Waals surface area contributed by atoms with Crippen LogP contribution in [0.1, 0.15) is 44.3 Å². The molecule has 2 aliphatic rings. The SMILES string of the molecule is CCC1CC1Nc1cc(Br)nc(C2CC2)n1. The second-order valence-electron chi connectivity index (χ2n) is 4.86. The van der Waals surface area contributed by atoms with Gasteiger partial charge in [0.25, 0.3) is 0 Å². The lowest BCUT2D eigenvalue weighted by atomic mass is 10.3. The molecule has 3 nitrogen and oxygen atoms in total. The Morgan fingerprint density at radius 2 is 2.25 bits per heavy atom. The maximum Gasteiger partial charge on any atom is 0.135 e. The van der Waals surface area contributed by atoms with Gasteiger partial charge in [-0.25, -0.2) is 9.97 Å². The first kappa shape index (κ1) is 10.5. The molecule has 0 saturated heterocycles. The summed E-state index contributed by atoms with van der Waals surface area (Å²) >= 11 is 3.46. The van der Waals surface area contributed by atoms with E-state index in [0.29, 0.717) is 12.0 Å². The van der Waals surface area contributed by atoms with Crippen molar-refractivity contribution in [3.05, 3.63) is 16.5 Å². The lowest BCUT2D eigenvalue weighted by molar-refractivity contribution is 0.771. The first-order valence-electron chi connectivity index (χ1n) is 6.07. The van der Waals surface area contributed by atoms with Gasteiger partial charge >= 0.3 is 0 Å². The fourth-order valence-electron chi connectivity index (χ4n) is 2.10. The highest BCUT2D eigenvalue weighted by molar-refractivity contribution is 9.10. The summed E-state index contributed by atoms with van der Waals surface area (Å²) in [6, 6.07) is 2.62. The molecule has 1 N–H and O–H groups in total. The highest BCUT2D eigenvalue weighted by Crippen LogP contribution is 2.40. The zero-order valence-corrected chi connectivity index (χ0v) is 11.0. The third-order valence-corrected chi connectivity index (χ3v) is 3.84. The summed E-state index contributed by atoms with van der Waals surface area (Å²) in [6.45, 7) is 2.25. The fourth-order valence-corrected chi connectivity index (χ4v) is 2.50. The van der Waals surface area contributed by atoms with Gasteiger partial charge in [0.1, 0.15) is 16.2 Å². The molecular weight excluding hydrogens is 266 g/mol. The molecular formula is C12H16BrN3. The molecule has 0 aliphatic heterocycles. The van der Waals surface area contributed by atoms with E-state index in [9.17, 15) is 0 Å². The molecule has 2 aliphatic carbocycles.